The van der Waals surface area contributed by atoms with E-state index in [1.807, 2.05) is 61.5 Å². The largest absolute Gasteiger partial charge is 0.326 e. The van der Waals surface area contributed by atoms with E-state index in [-0.39, 0.29) is 23.8 Å². The zero-order valence-electron chi connectivity index (χ0n) is 16.7. The van der Waals surface area contributed by atoms with Gasteiger partial charge < -0.3 is 10.6 Å². The molecule has 3 rings (SSSR count). The van der Waals surface area contributed by atoms with Crippen LogP contribution >= 0.6 is 0 Å². The van der Waals surface area contributed by atoms with Gasteiger partial charge in [0, 0.05) is 17.3 Å². The molecular formula is C23H29N3O2. The molecule has 1 heterocycles. The second-order valence-corrected chi connectivity index (χ2v) is 7.38. The number of piperidine rings is 1. The Kier molecular flexibility index (Phi) is 6.82. The van der Waals surface area contributed by atoms with E-state index in [1.54, 1.807) is 0 Å². The fraction of sp³-hybridized carbons (Fsp3) is 0.391. The molecule has 1 aliphatic rings. The van der Waals surface area contributed by atoms with Crippen LogP contribution < -0.4 is 10.6 Å². The summed E-state index contributed by atoms with van der Waals surface area (Å²) in [4.78, 5) is 27.2. The number of nitrogens with zero attached hydrogens (tertiary/aromatic N) is 1. The number of hydrogen-bond acceptors (Lipinski definition) is 3. The van der Waals surface area contributed by atoms with Crippen LogP contribution in [0.15, 0.2) is 54.6 Å². The molecule has 28 heavy (non-hydrogen) atoms. The van der Waals surface area contributed by atoms with Crippen LogP contribution in [0, 0.1) is 5.92 Å². The Morgan fingerprint density at radius 2 is 1.57 bits per heavy atom. The van der Waals surface area contributed by atoms with Gasteiger partial charge in [-0.05, 0) is 69.1 Å². The lowest BCUT2D eigenvalue weighted by Gasteiger charge is -2.34. The van der Waals surface area contributed by atoms with Crippen molar-refractivity contribution >= 4 is 23.2 Å². The monoisotopic (exact) mass is 379 g/mol. The quantitative estimate of drug-likeness (QED) is 0.799. The molecular weight excluding hydrogens is 350 g/mol. The first-order chi connectivity index (χ1) is 13.6. The summed E-state index contributed by atoms with van der Waals surface area (Å²) in [6.45, 7) is 5.53. The number of carbonyl (C=O) groups excluding carboxylic acids is 2. The molecule has 0 spiro atoms. The van der Waals surface area contributed by atoms with Gasteiger partial charge >= 0.3 is 0 Å². The Bertz CT molecular complexity index is 781. The fourth-order valence-corrected chi connectivity index (χ4v) is 3.55. The summed E-state index contributed by atoms with van der Waals surface area (Å²) in [6.07, 6.45) is 2.51. The summed E-state index contributed by atoms with van der Waals surface area (Å²) in [7, 11) is 0. The van der Waals surface area contributed by atoms with Gasteiger partial charge in [0.1, 0.15) is 0 Å². The molecule has 0 unspecified atom stereocenters. The molecule has 0 bridgehead atoms. The minimum absolute atomic E-state index is 0.00330. The van der Waals surface area contributed by atoms with Gasteiger partial charge in [-0.3, -0.25) is 14.5 Å². The molecule has 2 aromatic rings. The van der Waals surface area contributed by atoms with Crippen molar-refractivity contribution < 1.29 is 9.59 Å². The zero-order valence-corrected chi connectivity index (χ0v) is 16.7. The topological polar surface area (TPSA) is 61.4 Å². The maximum absolute atomic E-state index is 12.6. The molecule has 5 heteroatoms. The number of aryl methyl sites for hydroxylation is 1. The Morgan fingerprint density at radius 1 is 0.964 bits per heavy atom. The van der Waals surface area contributed by atoms with Gasteiger partial charge in [0.25, 0.3) is 0 Å². The van der Waals surface area contributed by atoms with Crippen LogP contribution in [0.2, 0.25) is 0 Å². The predicted molar refractivity (Wildman–Crippen MR) is 113 cm³/mol. The van der Waals surface area contributed by atoms with E-state index < -0.39 is 0 Å². The minimum Gasteiger partial charge on any atom is -0.326 e. The predicted octanol–water partition coefficient (Wildman–Crippen LogP) is 3.93. The van der Waals surface area contributed by atoms with E-state index in [4.69, 9.17) is 0 Å². The van der Waals surface area contributed by atoms with Crippen LogP contribution in [-0.2, 0) is 16.0 Å². The number of hydrogen-bond donors (Lipinski definition) is 2. The molecule has 0 aromatic heterocycles. The molecule has 148 valence electrons. The second kappa shape index (κ2) is 9.51. The lowest BCUT2D eigenvalue weighted by molar-refractivity contribution is -0.123. The Hall–Kier alpha value is -2.66. The minimum atomic E-state index is -0.219. The van der Waals surface area contributed by atoms with Crippen LogP contribution in [0.1, 0.15) is 32.3 Å². The molecule has 0 radical (unpaired) electrons. The van der Waals surface area contributed by atoms with Crippen molar-refractivity contribution in [3.8, 4) is 0 Å². The van der Waals surface area contributed by atoms with E-state index in [9.17, 15) is 9.59 Å². The van der Waals surface area contributed by atoms with Crippen LogP contribution in [-0.4, -0.2) is 35.8 Å². The highest BCUT2D eigenvalue weighted by Crippen LogP contribution is 2.21. The normalized spacial score (nSPS) is 16.4. The van der Waals surface area contributed by atoms with E-state index in [2.05, 4.69) is 22.5 Å². The maximum Gasteiger partial charge on any atom is 0.241 e. The number of anilines is 2. The molecule has 0 aliphatic carbocycles. The van der Waals surface area contributed by atoms with E-state index in [1.165, 1.54) is 5.56 Å². The standard InChI is InChI=1S/C23H29N3O2/c1-3-18-9-11-21(12-10-18)24-22(27)17(2)26-15-13-19(14-16-26)23(28)25-20-7-5-4-6-8-20/h4-12,17,19H,3,13-16H2,1-2H3,(H,24,27)(H,25,28)/t17-/m0/s1. The van der Waals surface area contributed by atoms with Crippen LogP contribution in [0.25, 0.3) is 0 Å². The number of para-hydroxylation sites is 1. The molecule has 0 saturated carbocycles. The van der Waals surface area contributed by atoms with Gasteiger partial charge in [0.2, 0.25) is 11.8 Å². The lowest BCUT2D eigenvalue weighted by Crippen LogP contribution is -2.47. The van der Waals surface area contributed by atoms with Gasteiger partial charge in [-0.2, -0.15) is 0 Å². The van der Waals surface area contributed by atoms with E-state index in [0.29, 0.717) is 0 Å². The van der Waals surface area contributed by atoms with Gasteiger partial charge in [0.15, 0.2) is 0 Å². The molecule has 1 saturated heterocycles. The van der Waals surface area contributed by atoms with Crippen LogP contribution in [0.4, 0.5) is 11.4 Å². The smallest absolute Gasteiger partial charge is 0.241 e. The number of carbonyl (C=O) groups is 2. The number of rotatable bonds is 6. The first-order valence-electron chi connectivity index (χ1n) is 10.1. The highest BCUT2D eigenvalue weighted by molar-refractivity contribution is 5.95. The molecule has 2 aromatic carbocycles. The van der Waals surface area contributed by atoms with Crippen molar-refractivity contribution in [2.24, 2.45) is 5.92 Å². The van der Waals surface area contributed by atoms with Crippen molar-refractivity contribution in [3.63, 3.8) is 0 Å². The van der Waals surface area contributed by atoms with Crippen molar-refractivity contribution in [2.45, 2.75) is 39.2 Å². The summed E-state index contributed by atoms with van der Waals surface area (Å²) in [5, 5.41) is 5.98. The van der Waals surface area contributed by atoms with E-state index >= 15 is 0 Å². The first kappa shape index (κ1) is 20.1. The third kappa shape index (κ3) is 5.20. The molecule has 1 atom stereocenters. The summed E-state index contributed by atoms with van der Waals surface area (Å²) in [5.41, 5.74) is 2.91. The van der Waals surface area contributed by atoms with Gasteiger partial charge in [-0.25, -0.2) is 0 Å². The summed E-state index contributed by atoms with van der Waals surface area (Å²) in [5.74, 6) is 0.0590. The van der Waals surface area contributed by atoms with Crippen molar-refractivity contribution in [1.82, 2.24) is 4.90 Å². The van der Waals surface area contributed by atoms with Gasteiger partial charge in [-0.15, -0.1) is 0 Å². The van der Waals surface area contributed by atoms with Crippen molar-refractivity contribution in [2.75, 3.05) is 23.7 Å². The SMILES string of the molecule is CCc1ccc(NC(=O)[C@H](C)N2CCC(C(=O)Nc3ccccc3)CC2)cc1. The average Bonchev–Trinajstić information content (AvgIpc) is 2.74. The molecule has 2 N–H and O–H groups in total. The van der Waals surface area contributed by atoms with Crippen molar-refractivity contribution in [1.29, 1.82) is 0 Å². The number of nitrogens with one attached hydrogen (secondary N) is 2. The summed E-state index contributed by atoms with van der Waals surface area (Å²) < 4.78 is 0. The number of likely N-dealkylation sites (tertiary alicyclic amines) is 1. The Labute approximate surface area is 167 Å². The highest BCUT2D eigenvalue weighted by Gasteiger charge is 2.29. The fourth-order valence-electron chi connectivity index (χ4n) is 3.55. The van der Waals surface area contributed by atoms with Crippen LogP contribution in [0.5, 0.6) is 0 Å². The third-order valence-electron chi connectivity index (χ3n) is 5.50. The zero-order chi connectivity index (χ0) is 19.9. The molecule has 5 nitrogen and oxygen atoms in total. The maximum atomic E-state index is 12.6. The number of amides is 2. The molecule has 1 aliphatic heterocycles. The Morgan fingerprint density at radius 3 is 2.18 bits per heavy atom. The first-order valence-corrected chi connectivity index (χ1v) is 10.1. The lowest BCUT2D eigenvalue weighted by atomic mass is 9.94. The Balaban J connectivity index is 1.47. The van der Waals surface area contributed by atoms with E-state index in [0.717, 1.165) is 43.7 Å². The van der Waals surface area contributed by atoms with Gasteiger partial charge in [0.05, 0.1) is 6.04 Å². The third-order valence-corrected chi connectivity index (χ3v) is 5.50. The molecule has 2 amide bonds. The summed E-state index contributed by atoms with van der Waals surface area (Å²) in [6, 6.07) is 17.3. The average molecular weight is 380 g/mol. The van der Waals surface area contributed by atoms with Crippen LogP contribution in [0.3, 0.4) is 0 Å². The summed E-state index contributed by atoms with van der Waals surface area (Å²) >= 11 is 0. The number of benzene rings is 2. The van der Waals surface area contributed by atoms with Gasteiger partial charge in [-0.1, -0.05) is 37.3 Å². The second-order valence-electron chi connectivity index (χ2n) is 7.38. The molecule has 1 fully saturated rings. The highest BCUT2D eigenvalue weighted by atomic mass is 16.2. The van der Waals surface area contributed by atoms with Crippen molar-refractivity contribution in [3.05, 3.63) is 60.2 Å².